The molecule has 0 fully saturated rings. The van der Waals surface area contributed by atoms with Crippen LogP contribution in [0.15, 0.2) is 72.8 Å². The second-order valence-electron chi connectivity index (χ2n) is 10.1. The van der Waals surface area contributed by atoms with Gasteiger partial charge in [0.2, 0.25) is 0 Å². The fourth-order valence-corrected chi connectivity index (χ4v) is 4.77. The van der Waals surface area contributed by atoms with Gasteiger partial charge in [0.25, 0.3) is 0 Å². The van der Waals surface area contributed by atoms with Gasteiger partial charge in [-0.15, -0.1) is 0 Å². The SMILES string of the molecule is CCCCCCc1nc(Nc2cccc(Cl)c2)c2c(Nc3ccc(CNC(=O)Nc4cccc(OC)c4)cc3)[nH]nc2n1. The lowest BCUT2D eigenvalue weighted by Gasteiger charge is -2.12. The van der Waals surface area contributed by atoms with Crippen LogP contribution in [0.3, 0.4) is 0 Å². The van der Waals surface area contributed by atoms with Crippen molar-refractivity contribution < 1.29 is 9.53 Å². The number of nitrogens with one attached hydrogen (secondary N) is 5. The number of aryl methyl sites for hydroxylation is 1. The molecular formula is C32H35ClN8O2. The van der Waals surface area contributed by atoms with E-state index >= 15 is 0 Å². The molecule has 5 aromatic rings. The maximum absolute atomic E-state index is 12.4. The van der Waals surface area contributed by atoms with Gasteiger partial charge >= 0.3 is 6.03 Å². The number of rotatable bonds is 13. The van der Waals surface area contributed by atoms with Crippen LogP contribution >= 0.6 is 11.6 Å². The Morgan fingerprint density at radius 3 is 2.51 bits per heavy atom. The Kier molecular flexibility index (Phi) is 9.91. The van der Waals surface area contributed by atoms with Gasteiger partial charge < -0.3 is 26.0 Å². The normalized spacial score (nSPS) is 10.9. The minimum atomic E-state index is -0.302. The average Bonchev–Trinajstić information content (AvgIpc) is 3.42. The Hall–Kier alpha value is -4.83. The number of fused-ring (bicyclic) bond motifs is 1. The van der Waals surface area contributed by atoms with E-state index in [2.05, 4.69) is 38.4 Å². The smallest absolute Gasteiger partial charge is 0.319 e. The highest BCUT2D eigenvalue weighted by Gasteiger charge is 2.16. The number of aromatic nitrogens is 4. The number of nitrogens with zero attached hydrogens (tertiary/aromatic N) is 3. The van der Waals surface area contributed by atoms with Crippen molar-refractivity contribution in [3.8, 4) is 5.75 Å². The molecule has 43 heavy (non-hydrogen) atoms. The number of unbranched alkanes of at least 4 members (excludes halogenated alkanes) is 3. The topological polar surface area (TPSA) is 129 Å². The molecule has 11 heteroatoms. The van der Waals surface area contributed by atoms with E-state index in [4.69, 9.17) is 26.3 Å². The van der Waals surface area contributed by atoms with E-state index in [1.165, 1.54) is 12.8 Å². The second-order valence-corrected chi connectivity index (χ2v) is 10.5. The fraction of sp³-hybridized carbons (Fsp3) is 0.250. The number of halogens is 1. The number of ether oxygens (including phenoxy) is 1. The molecule has 0 spiro atoms. The summed E-state index contributed by atoms with van der Waals surface area (Å²) in [5, 5.41) is 21.5. The molecule has 5 rings (SSSR count). The van der Waals surface area contributed by atoms with Crippen molar-refractivity contribution in [2.45, 2.75) is 45.6 Å². The summed E-state index contributed by atoms with van der Waals surface area (Å²) in [7, 11) is 1.59. The number of urea groups is 1. The van der Waals surface area contributed by atoms with Crippen molar-refractivity contribution in [2.24, 2.45) is 0 Å². The lowest BCUT2D eigenvalue weighted by Crippen LogP contribution is -2.28. The van der Waals surface area contributed by atoms with E-state index < -0.39 is 0 Å². The molecule has 10 nitrogen and oxygen atoms in total. The van der Waals surface area contributed by atoms with Gasteiger partial charge in [-0.05, 0) is 54.4 Å². The third-order valence-electron chi connectivity index (χ3n) is 6.81. The first kappa shape index (κ1) is 29.7. The van der Waals surface area contributed by atoms with Crippen LogP contribution in [0.2, 0.25) is 5.02 Å². The summed E-state index contributed by atoms with van der Waals surface area (Å²) < 4.78 is 5.20. The van der Waals surface area contributed by atoms with Crippen LogP contribution in [0.5, 0.6) is 5.75 Å². The average molecular weight is 599 g/mol. The molecule has 2 aromatic heterocycles. The van der Waals surface area contributed by atoms with Crippen LogP contribution in [-0.2, 0) is 13.0 Å². The van der Waals surface area contributed by atoms with E-state index in [0.29, 0.717) is 40.3 Å². The summed E-state index contributed by atoms with van der Waals surface area (Å²) in [4.78, 5) is 22.0. The van der Waals surface area contributed by atoms with E-state index in [-0.39, 0.29) is 6.03 Å². The maximum Gasteiger partial charge on any atom is 0.319 e. The van der Waals surface area contributed by atoms with Crippen LogP contribution in [0.4, 0.5) is 33.5 Å². The molecule has 222 valence electrons. The lowest BCUT2D eigenvalue weighted by atomic mass is 10.1. The van der Waals surface area contributed by atoms with Crippen LogP contribution < -0.4 is 26.0 Å². The van der Waals surface area contributed by atoms with E-state index in [0.717, 1.165) is 47.4 Å². The first-order chi connectivity index (χ1) is 21.0. The number of carbonyl (C=O) groups is 1. The first-order valence-electron chi connectivity index (χ1n) is 14.3. The highest BCUT2D eigenvalue weighted by molar-refractivity contribution is 6.30. The third kappa shape index (κ3) is 8.14. The molecule has 0 bridgehead atoms. The van der Waals surface area contributed by atoms with Crippen LogP contribution in [-0.4, -0.2) is 33.3 Å². The van der Waals surface area contributed by atoms with Gasteiger partial charge in [0, 0.05) is 41.1 Å². The zero-order chi connectivity index (χ0) is 30.0. The van der Waals surface area contributed by atoms with Crippen molar-refractivity contribution in [2.75, 3.05) is 23.1 Å². The Labute approximate surface area is 255 Å². The van der Waals surface area contributed by atoms with Gasteiger partial charge in [-0.3, -0.25) is 5.10 Å². The molecule has 0 atom stereocenters. The number of carbonyl (C=O) groups excluding carboxylic acids is 1. The molecule has 3 aromatic carbocycles. The van der Waals surface area contributed by atoms with Crippen LogP contribution in [0, 0.1) is 0 Å². The standard InChI is InChI=1S/C32H35ClN8O2/c1-3-4-5-6-13-27-38-29(36-24-10-7-9-22(33)18-24)28-30(40-41-31(28)39-27)35-23-16-14-21(15-17-23)20-34-32(42)37-25-11-8-12-26(19-25)43-2/h7-12,14-19H,3-6,13,20H2,1-2H3,(H2,34,37,42)(H3,35,36,38,39,40,41). The molecule has 0 aliphatic heterocycles. The summed E-state index contributed by atoms with van der Waals surface area (Å²) in [5.74, 6) is 2.74. The monoisotopic (exact) mass is 598 g/mol. The van der Waals surface area contributed by atoms with E-state index in [1.54, 1.807) is 19.2 Å². The highest BCUT2D eigenvalue weighted by Crippen LogP contribution is 2.31. The zero-order valence-electron chi connectivity index (χ0n) is 24.2. The third-order valence-corrected chi connectivity index (χ3v) is 7.04. The second kappa shape index (κ2) is 14.4. The summed E-state index contributed by atoms with van der Waals surface area (Å²) >= 11 is 6.24. The number of hydrogen-bond acceptors (Lipinski definition) is 7. The molecule has 0 radical (unpaired) electrons. The molecule has 0 saturated heterocycles. The zero-order valence-corrected chi connectivity index (χ0v) is 25.0. The number of aromatic amines is 1. The van der Waals surface area contributed by atoms with Gasteiger partial charge in [-0.1, -0.05) is 62.1 Å². The number of anilines is 5. The summed E-state index contributed by atoms with van der Waals surface area (Å²) in [6.07, 6.45) is 5.31. The van der Waals surface area contributed by atoms with Gasteiger partial charge in [-0.25, -0.2) is 14.8 Å². The van der Waals surface area contributed by atoms with E-state index in [9.17, 15) is 4.79 Å². The highest BCUT2D eigenvalue weighted by atomic mass is 35.5. The summed E-state index contributed by atoms with van der Waals surface area (Å²) in [6, 6.07) is 22.2. The molecule has 0 aliphatic rings. The van der Waals surface area contributed by atoms with Gasteiger partial charge in [0.15, 0.2) is 5.65 Å². The minimum Gasteiger partial charge on any atom is -0.497 e. The van der Waals surface area contributed by atoms with Crippen molar-refractivity contribution in [1.82, 2.24) is 25.5 Å². The first-order valence-corrected chi connectivity index (χ1v) is 14.7. The summed E-state index contributed by atoms with van der Waals surface area (Å²) in [6.45, 7) is 2.56. The molecule has 0 saturated carbocycles. The molecule has 0 unspecified atom stereocenters. The van der Waals surface area contributed by atoms with Crippen LogP contribution in [0.1, 0.15) is 44.0 Å². The number of benzene rings is 3. The molecule has 2 amide bonds. The van der Waals surface area contributed by atoms with E-state index in [1.807, 2.05) is 60.7 Å². The van der Waals surface area contributed by atoms with Crippen molar-refractivity contribution in [1.29, 1.82) is 0 Å². The fourth-order valence-electron chi connectivity index (χ4n) is 4.58. The predicted octanol–water partition coefficient (Wildman–Crippen LogP) is 7.95. The maximum atomic E-state index is 12.4. The quantitative estimate of drug-likeness (QED) is 0.0870. The Bertz CT molecular complexity index is 1670. The minimum absolute atomic E-state index is 0.302. The van der Waals surface area contributed by atoms with Gasteiger partial charge in [0.1, 0.15) is 28.6 Å². The van der Waals surface area contributed by atoms with Crippen LogP contribution in [0.25, 0.3) is 11.0 Å². The molecule has 0 aliphatic carbocycles. The van der Waals surface area contributed by atoms with Crippen molar-refractivity contribution in [3.05, 3.63) is 89.2 Å². The Morgan fingerprint density at radius 2 is 1.72 bits per heavy atom. The Morgan fingerprint density at radius 1 is 0.907 bits per heavy atom. The molecule has 2 heterocycles. The lowest BCUT2D eigenvalue weighted by molar-refractivity contribution is 0.251. The Balaban J connectivity index is 1.28. The number of hydrogen-bond donors (Lipinski definition) is 5. The number of H-pyrrole nitrogens is 1. The number of amides is 2. The van der Waals surface area contributed by atoms with Crippen molar-refractivity contribution >= 4 is 57.4 Å². The van der Waals surface area contributed by atoms with Crippen molar-refractivity contribution in [3.63, 3.8) is 0 Å². The largest absolute Gasteiger partial charge is 0.497 e. The van der Waals surface area contributed by atoms with Gasteiger partial charge in [0.05, 0.1) is 7.11 Å². The number of methoxy groups -OCH3 is 1. The predicted molar refractivity (Wildman–Crippen MR) is 173 cm³/mol. The molecule has 5 N–H and O–H groups in total. The molecular weight excluding hydrogens is 564 g/mol. The van der Waals surface area contributed by atoms with Gasteiger partial charge in [-0.2, -0.15) is 5.10 Å². The summed E-state index contributed by atoms with van der Waals surface area (Å²) in [5.41, 5.74) is 3.84.